The van der Waals surface area contributed by atoms with Gasteiger partial charge in [0.1, 0.15) is 11.4 Å². The van der Waals surface area contributed by atoms with Gasteiger partial charge in [0.2, 0.25) is 5.91 Å². The molecule has 3 N–H and O–H groups in total. The number of furan rings is 1. The molecule has 1 amide bonds. The molecule has 0 aliphatic rings. The number of amides is 1. The minimum atomic E-state index is -0.431. The SMILES string of the molecule is Cc1cc2occ(CC(=O)NNC(=S)Nc3ccccc3F)c2cc1C(C)C. The number of halogens is 1. The molecular weight excluding hydrogens is 377 g/mol. The number of aryl methyl sites for hydroxylation is 1. The largest absolute Gasteiger partial charge is 0.464 e. The fourth-order valence-electron chi connectivity index (χ4n) is 3.06. The number of nitrogens with one attached hydrogen (secondary N) is 3. The average Bonchev–Trinajstić information content (AvgIpc) is 3.02. The van der Waals surface area contributed by atoms with E-state index in [1.807, 2.05) is 6.07 Å². The number of fused-ring (bicyclic) bond motifs is 1. The Bertz CT molecular complexity index is 1030. The van der Waals surface area contributed by atoms with Gasteiger partial charge in [0.25, 0.3) is 0 Å². The van der Waals surface area contributed by atoms with E-state index in [1.54, 1.807) is 24.5 Å². The maximum atomic E-state index is 13.6. The normalized spacial score (nSPS) is 10.9. The van der Waals surface area contributed by atoms with Crippen molar-refractivity contribution in [3.63, 3.8) is 0 Å². The van der Waals surface area contributed by atoms with Crippen LogP contribution in [-0.4, -0.2) is 11.0 Å². The van der Waals surface area contributed by atoms with Crippen molar-refractivity contribution in [2.45, 2.75) is 33.1 Å². The molecule has 1 heterocycles. The summed E-state index contributed by atoms with van der Waals surface area (Å²) in [6.07, 6.45) is 1.73. The van der Waals surface area contributed by atoms with Gasteiger partial charge in [-0.05, 0) is 60.5 Å². The smallest absolute Gasteiger partial charge is 0.242 e. The van der Waals surface area contributed by atoms with Crippen LogP contribution in [0.15, 0.2) is 47.1 Å². The summed E-state index contributed by atoms with van der Waals surface area (Å²) in [5.41, 5.74) is 9.27. The lowest BCUT2D eigenvalue weighted by molar-refractivity contribution is -0.120. The van der Waals surface area contributed by atoms with Gasteiger partial charge in [-0.15, -0.1) is 0 Å². The zero-order chi connectivity index (χ0) is 20.3. The van der Waals surface area contributed by atoms with E-state index in [4.69, 9.17) is 16.6 Å². The number of hydrogen-bond donors (Lipinski definition) is 3. The lowest BCUT2D eigenvalue weighted by Gasteiger charge is -2.12. The Balaban J connectivity index is 1.62. The second-order valence-corrected chi connectivity index (χ2v) is 7.31. The van der Waals surface area contributed by atoms with E-state index in [1.165, 1.54) is 17.2 Å². The summed E-state index contributed by atoms with van der Waals surface area (Å²) in [6, 6.07) is 10.2. The van der Waals surface area contributed by atoms with Crippen molar-refractivity contribution in [1.29, 1.82) is 0 Å². The van der Waals surface area contributed by atoms with E-state index in [-0.39, 0.29) is 23.1 Å². The first-order valence-electron chi connectivity index (χ1n) is 8.96. The van der Waals surface area contributed by atoms with Crippen LogP contribution in [0.4, 0.5) is 10.1 Å². The molecule has 3 rings (SSSR count). The Kier molecular flexibility index (Phi) is 5.94. The highest BCUT2D eigenvalue weighted by atomic mass is 32.1. The number of hydrogen-bond acceptors (Lipinski definition) is 3. The summed E-state index contributed by atoms with van der Waals surface area (Å²) in [7, 11) is 0. The van der Waals surface area contributed by atoms with Crippen LogP contribution in [0.2, 0.25) is 0 Å². The summed E-state index contributed by atoms with van der Waals surface area (Å²) in [6.45, 7) is 6.32. The molecular formula is C21H22FN3O2S. The van der Waals surface area contributed by atoms with Gasteiger partial charge in [0.15, 0.2) is 5.11 Å². The molecule has 3 aromatic rings. The fourth-order valence-corrected chi connectivity index (χ4v) is 3.22. The Morgan fingerprint density at radius 2 is 1.96 bits per heavy atom. The Hall–Kier alpha value is -2.93. The lowest BCUT2D eigenvalue weighted by Crippen LogP contribution is -2.44. The van der Waals surface area contributed by atoms with Crippen molar-refractivity contribution in [3.05, 3.63) is 65.2 Å². The monoisotopic (exact) mass is 399 g/mol. The van der Waals surface area contributed by atoms with Crippen LogP contribution in [-0.2, 0) is 11.2 Å². The highest BCUT2D eigenvalue weighted by Gasteiger charge is 2.14. The molecule has 1 aromatic heterocycles. The minimum Gasteiger partial charge on any atom is -0.464 e. The molecule has 0 bridgehead atoms. The molecule has 0 saturated carbocycles. The number of anilines is 1. The highest BCUT2D eigenvalue weighted by Crippen LogP contribution is 2.29. The first kappa shape index (κ1) is 19.8. The highest BCUT2D eigenvalue weighted by molar-refractivity contribution is 7.80. The van der Waals surface area contributed by atoms with Crippen LogP contribution < -0.4 is 16.2 Å². The quantitative estimate of drug-likeness (QED) is 0.443. The molecule has 0 radical (unpaired) electrons. The van der Waals surface area contributed by atoms with E-state index >= 15 is 0 Å². The number of carbonyl (C=O) groups excluding carboxylic acids is 1. The molecule has 0 saturated heterocycles. The maximum Gasteiger partial charge on any atom is 0.242 e. The molecule has 28 heavy (non-hydrogen) atoms. The number of thiocarbonyl (C=S) groups is 1. The third kappa shape index (κ3) is 4.48. The molecule has 5 nitrogen and oxygen atoms in total. The van der Waals surface area contributed by atoms with Crippen LogP contribution in [0.3, 0.4) is 0 Å². The van der Waals surface area contributed by atoms with Crippen molar-refractivity contribution in [3.8, 4) is 0 Å². The molecule has 146 valence electrons. The van der Waals surface area contributed by atoms with E-state index in [0.29, 0.717) is 5.92 Å². The van der Waals surface area contributed by atoms with Crippen LogP contribution in [0.5, 0.6) is 0 Å². The summed E-state index contributed by atoms with van der Waals surface area (Å²) < 4.78 is 19.2. The molecule has 0 aliphatic heterocycles. The predicted octanol–water partition coefficient (Wildman–Crippen LogP) is 4.56. The van der Waals surface area contributed by atoms with Gasteiger partial charge < -0.3 is 9.73 Å². The van der Waals surface area contributed by atoms with Crippen molar-refractivity contribution < 1.29 is 13.6 Å². The van der Waals surface area contributed by atoms with Gasteiger partial charge in [-0.3, -0.25) is 15.6 Å². The average molecular weight is 399 g/mol. The van der Waals surface area contributed by atoms with Crippen LogP contribution >= 0.6 is 12.2 Å². The zero-order valence-corrected chi connectivity index (χ0v) is 16.7. The number of hydrazine groups is 1. The third-order valence-corrected chi connectivity index (χ3v) is 4.66. The van der Waals surface area contributed by atoms with Crippen molar-refractivity contribution in [1.82, 2.24) is 10.9 Å². The van der Waals surface area contributed by atoms with Crippen molar-refractivity contribution >= 4 is 39.9 Å². The summed E-state index contributed by atoms with van der Waals surface area (Å²) in [4.78, 5) is 12.3. The van der Waals surface area contributed by atoms with E-state index in [0.717, 1.165) is 16.5 Å². The number of benzene rings is 2. The van der Waals surface area contributed by atoms with E-state index < -0.39 is 5.82 Å². The van der Waals surface area contributed by atoms with Gasteiger partial charge in [-0.25, -0.2) is 4.39 Å². The number of carbonyl (C=O) groups is 1. The van der Waals surface area contributed by atoms with Crippen molar-refractivity contribution in [2.24, 2.45) is 0 Å². The lowest BCUT2D eigenvalue weighted by atomic mass is 9.95. The maximum absolute atomic E-state index is 13.6. The van der Waals surface area contributed by atoms with Crippen LogP contribution in [0.1, 0.15) is 36.5 Å². The Labute approximate surface area is 168 Å². The number of para-hydroxylation sites is 1. The minimum absolute atomic E-state index is 0.0909. The van der Waals surface area contributed by atoms with Gasteiger partial charge in [0, 0.05) is 10.9 Å². The zero-order valence-electron chi connectivity index (χ0n) is 15.9. The third-order valence-electron chi connectivity index (χ3n) is 4.45. The Morgan fingerprint density at radius 3 is 2.68 bits per heavy atom. The second kappa shape index (κ2) is 8.39. The molecule has 0 unspecified atom stereocenters. The first-order chi connectivity index (χ1) is 13.3. The Morgan fingerprint density at radius 1 is 1.21 bits per heavy atom. The molecule has 7 heteroatoms. The van der Waals surface area contributed by atoms with Gasteiger partial charge in [0.05, 0.1) is 18.4 Å². The summed E-state index contributed by atoms with van der Waals surface area (Å²) >= 11 is 5.08. The van der Waals surface area contributed by atoms with Crippen LogP contribution in [0.25, 0.3) is 11.0 Å². The summed E-state index contributed by atoms with van der Waals surface area (Å²) in [5, 5.41) is 3.71. The second-order valence-electron chi connectivity index (χ2n) is 6.90. The van der Waals surface area contributed by atoms with Gasteiger partial charge in [-0.1, -0.05) is 26.0 Å². The predicted molar refractivity (Wildman–Crippen MR) is 113 cm³/mol. The molecule has 0 spiro atoms. The van der Waals surface area contributed by atoms with Gasteiger partial charge in [-0.2, -0.15) is 0 Å². The van der Waals surface area contributed by atoms with E-state index in [2.05, 4.69) is 43.0 Å². The fraction of sp³-hybridized carbons (Fsp3) is 0.238. The van der Waals surface area contributed by atoms with Crippen molar-refractivity contribution in [2.75, 3.05) is 5.32 Å². The van der Waals surface area contributed by atoms with Crippen LogP contribution in [0, 0.1) is 12.7 Å². The van der Waals surface area contributed by atoms with Gasteiger partial charge >= 0.3 is 0 Å². The summed E-state index contributed by atoms with van der Waals surface area (Å²) in [5.74, 6) is -0.337. The molecule has 2 aromatic carbocycles. The van der Waals surface area contributed by atoms with E-state index in [9.17, 15) is 9.18 Å². The topological polar surface area (TPSA) is 66.3 Å². The standard InChI is InChI=1S/C21H22FN3O2S/c1-12(2)15-10-16-14(11-27-19(16)8-13(15)3)9-20(26)24-25-21(28)23-18-7-5-4-6-17(18)22/h4-8,10-12H,9H2,1-3H3,(H,24,26)(H2,23,25,28). The molecule has 0 atom stereocenters. The number of rotatable bonds is 4. The molecule has 0 aliphatic carbocycles. The molecule has 0 fully saturated rings. The first-order valence-corrected chi connectivity index (χ1v) is 9.37.